The van der Waals surface area contributed by atoms with Crippen molar-refractivity contribution < 1.29 is 18.8 Å². The summed E-state index contributed by atoms with van der Waals surface area (Å²) in [5.41, 5.74) is 1.61. The molecule has 8 heteroatoms. The van der Waals surface area contributed by atoms with Gasteiger partial charge in [0.25, 0.3) is 0 Å². The van der Waals surface area contributed by atoms with E-state index in [0.717, 1.165) is 11.3 Å². The third-order valence-electron chi connectivity index (χ3n) is 4.91. The minimum absolute atomic E-state index is 0.00520. The molecule has 0 bridgehead atoms. The number of ether oxygens (including phenoxy) is 2. The molecule has 29 heavy (non-hydrogen) atoms. The van der Waals surface area contributed by atoms with Gasteiger partial charge in [0.05, 0.1) is 25.8 Å². The van der Waals surface area contributed by atoms with Crippen LogP contribution in [0.5, 0.6) is 11.5 Å². The molecule has 2 heterocycles. The molecule has 3 aromatic rings. The zero-order valence-corrected chi connectivity index (χ0v) is 17.2. The number of carbonyl (C=O) groups is 1. The molecule has 4 rings (SSSR count). The number of rotatable bonds is 6. The van der Waals surface area contributed by atoms with Crippen LogP contribution in [-0.4, -0.2) is 43.1 Å². The molecule has 2 aromatic carbocycles. The molecular formula is C21H21N3O4S. The molecule has 0 N–H and O–H groups in total. The monoisotopic (exact) mass is 411 g/mol. The maximum absolute atomic E-state index is 12.7. The molecule has 1 aliphatic rings. The van der Waals surface area contributed by atoms with Crippen molar-refractivity contribution in [3.8, 4) is 22.9 Å². The van der Waals surface area contributed by atoms with Gasteiger partial charge in [-0.25, -0.2) is 0 Å². The Hall–Kier alpha value is -3.00. The van der Waals surface area contributed by atoms with Crippen LogP contribution >= 0.6 is 11.8 Å². The van der Waals surface area contributed by atoms with Crippen molar-refractivity contribution in [2.75, 3.05) is 31.9 Å². The van der Waals surface area contributed by atoms with Gasteiger partial charge in [0, 0.05) is 41.6 Å². The Morgan fingerprint density at radius 2 is 1.79 bits per heavy atom. The van der Waals surface area contributed by atoms with Crippen molar-refractivity contribution in [2.24, 2.45) is 0 Å². The Morgan fingerprint density at radius 3 is 2.41 bits per heavy atom. The summed E-state index contributed by atoms with van der Waals surface area (Å²) in [4.78, 5) is 20.1. The van der Waals surface area contributed by atoms with Gasteiger partial charge in [-0.1, -0.05) is 5.16 Å². The van der Waals surface area contributed by atoms with Crippen LogP contribution in [0.3, 0.4) is 0 Å². The zero-order chi connectivity index (χ0) is 20.4. The molecule has 1 saturated heterocycles. The second-order valence-corrected chi connectivity index (χ2v) is 7.54. The summed E-state index contributed by atoms with van der Waals surface area (Å²) in [6, 6.07) is 13.4. The highest BCUT2D eigenvalue weighted by Gasteiger charge is 2.35. The maximum atomic E-state index is 12.7. The summed E-state index contributed by atoms with van der Waals surface area (Å²) < 4.78 is 16.1. The third kappa shape index (κ3) is 3.93. The fraction of sp³-hybridized carbons (Fsp3) is 0.286. The number of hydrogen-bond acceptors (Lipinski definition) is 7. The van der Waals surface area contributed by atoms with Crippen molar-refractivity contribution in [3.05, 3.63) is 48.4 Å². The molecule has 0 spiro atoms. The molecule has 0 saturated carbocycles. The van der Waals surface area contributed by atoms with Crippen LogP contribution in [0.15, 0.2) is 51.9 Å². The second kappa shape index (κ2) is 8.16. The number of aromatic nitrogens is 2. The number of amides is 1. The Kier molecular flexibility index (Phi) is 5.44. The predicted octanol–water partition coefficient (Wildman–Crippen LogP) is 4.00. The SMILES string of the molecule is COc1cc(OC)cc(N2CC(c3nc(-c4ccc(SC)cc4)no3)CC2=O)c1. The average molecular weight is 411 g/mol. The lowest BCUT2D eigenvalue weighted by Crippen LogP contribution is -2.24. The van der Waals surface area contributed by atoms with E-state index < -0.39 is 0 Å². The molecule has 7 nitrogen and oxygen atoms in total. The van der Waals surface area contributed by atoms with Crippen LogP contribution in [0, 0.1) is 0 Å². The lowest BCUT2D eigenvalue weighted by atomic mass is 10.1. The minimum Gasteiger partial charge on any atom is -0.497 e. The molecule has 1 aromatic heterocycles. The maximum Gasteiger partial charge on any atom is 0.232 e. The van der Waals surface area contributed by atoms with E-state index in [9.17, 15) is 4.79 Å². The smallest absolute Gasteiger partial charge is 0.232 e. The van der Waals surface area contributed by atoms with Gasteiger partial charge in [0.1, 0.15) is 11.5 Å². The summed E-state index contributed by atoms with van der Waals surface area (Å²) in [7, 11) is 3.16. The largest absolute Gasteiger partial charge is 0.497 e. The molecule has 0 radical (unpaired) electrons. The molecular weight excluding hydrogens is 390 g/mol. The lowest BCUT2D eigenvalue weighted by Gasteiger charge is -2.18. The second-order valence-electron chi connectivity index (χ2n) is 6.66. The lowest BCUT2D eigenvalue weighted by molar-refractivity contribution is -0.117. The van der Waals surface area contributed by atoms with Gasteiger partial charge in [-0.3, -0.25) is 4.79 Å². The summed E-state index contributed by atoms with van der Waals surface area (Å²) >= 11 is 1.68. The van der Waals surface area contributed by atoms with Gasteiger partial charge in [-0.15, -0.1) is 11.8 Å². The highest BCUT2D eigenvalue weighted by Crippen LogP contribution is 2.35. The summed E-state index contributed by atoms with van der Waals surface area (Å²) in [6.07, 6.45) is 2.34. The van der Waals surface area contributed by atoms with Gasteiger partial charge in [0.2, 0.25) is 17.6 Å². The molecule has 1 atom stereocenters. The molecule has 1 unspecified atom stereocenters. The van der Waals surface area contributed by atoms with Crippen LogP contribution in [0.4, 0.5) is 5.69 Å². The molecule has 0 aliphatic carbocycles. The summed E-state index contributed by atoms with van der Waals surface area (Å²) in [5.74, 6) is 2.09. The Balaban J connectivity index is 1.55. The minimum atomic E-state index is -0.161. The first-order valence-electron chi connectivity index (χ1n) is 9.12. The number of benzene rings is 2. The van der Waals surface area contributed by atoms with Crippen molar-refractivity contribution in [3.63, 3.8) is 0 Å². The highest BCUT2D eigenvalue weighted by atomic mass is 32.2. The normalized spacial score (nSPS) is 16.3. The molecule has 1 aliphatic heterocycles. The van der Waals surface area contributed by atoms with Crippen LogP contribution in [-0.2, 0) is 4.79 Å². The highest BCUT2D eigenvalue weighted by molar-refractivity contribution is 7.98. The summed E-state index contributed by atoms with van der Waals surface area (Å²) in [5, 5.41) is 4.10. The number of thioether (sulfide) groups is 1. The first-order chi connectivity index (χ1) is 14.1. The number of carbonyl (C=O) groups excluding carboxylic acids is 1. The quantitative estimate of drug-likeness (QED) is 0.568. The Labute approximate surface area is 173 Å². The van der Waals surface area contributed by atoms with Gasteiger partial charge in [-0.2, -0.15) is 4.98 Å². The van der Waals surface area contributed by atoms with Crippen molar-refractivity contribution in [2.45, 2.75) is 17.2 Å². The first kappa shape index (κ1) is 19.3. The Morgan fingerprint density at radius 1 is 1.10 bits per heavy atom. The van der Waals surface area contributed by atoms with Crippen LogP contribution < -0.4 is 14.4 Å². The van der Waals surface area contributed by atoms with E-state index in [-0.39, 0.29) is 11.8 Å². The van der Waals surface area contributed by atoms with Crippen molar-refractivity contribution in [1.82, 2.24) is 10.1 Å². The van der Waals surface area contributed by atoms with Gasteiger partial charge in [-0.05, 0) is 30.5 Å². The fourth-order valence-electron chi connectivity index (χ4n) is 3.33. The van der Waals surface area contributed by atoms with E-state index in [0.29, 0.717) is 36.2 Å². The predicted molar refractivity (Wildman–Crippen MR) is 111 cm³/mol. The zero-order valence-electron chi connectivity index (χ0n) is 16.4. The van der Waals surface area contributed by atoms with E-state index in [1.54, 1.807) is 36.9 Å². The van der Waals surface area contributed by atoms with E-state index in [2.05, 4.69) is 10.1 Å². The van der Waals surface area contributed by atoms with Gasteiger partial charge in [0.15, 0.2) is 0 Å². The summed E-state index contributed by atoms with van der Waals surface area (Å²) in [6.45, 7) is 0.461. The first-order valence-corrected chi connectivity index (χ1v) is 10.3. The van der Waals surface area contributed by atoms with E-state index >= 15 is 0 Å². The van der Waals surface area contributed by atoms with E-state index in [1.165, 1.54) is 4.90 Å². The number of nitrogens with zero attached hydrogens (tertiary/aromatic N) is 3. The number of methoxy groups -OCH3 is 2. The number of hydrogen-bond donors (Lipinski definition) is 0. The van der Waals surface area contributed by atoms with Gasteiger partial charge < -0.3 is 18.9 Å². The van der Waals surface area contributed by atoms with Crippen molar-refractivity contribution >= 4 is 23.4 Å². The van der Waals surface area contributed by atoms with Crippen LogP contribution in [0.2, 0.25) is 0 Å². The molecule has 1 amide bonds. The van der Waals surface area contributed by atoms with E-state index in [1.807, 2.05) is 42.7 Å². The Bertz CT molecular complexity index is 997. The molecule has 150 valence electrons. The average Bonchev–Trinajstić information content (AvgIpc) is 3.40. The van der Waals surface area contributed by atoms with Crippen molar-refractivity contribution in [1.29, 1.82) is 0 Å². The van der Waals surface area contributed by atoms with E-state index in [4.69, 9.17) is 14.0 Å². The number of anilines is 1. The van der Waals surface area contributed by atoms with Crippen LogP contribution in [0.1, 0.15) is 18.2 Å². The van der Waals surface area contributed by atoms with Gasteiger partial charge >= 0.3 is 0 Å². The topological polar surface area (TPSA) is 77.7 Å². The molecule has 1 fully saturated rings. The standard InChI is InChI=1S/C21H21N3O4S/c1-26-16-9-15(10-17(11-16)27-2)24-12-14(8-19(24)25)21-22-20(23-28-21)13-4-6-18(29-3)7-5-13/h4-7,9-11,14H,8,12H2,1-3H3. The van der Waals surface area contributed by atoms with Crippen LogP contribution in [0.25, 0.3) is 11.4 Å². The third-order valence-corrected chi connectivity index (χ3v) is 5.66. The fourth-order valence-corrected chi connectivity index (χ4v) is 3.74.